The van der Waals surface area contributed by atoms with Crippen molar-refractivity contribution in [3.8, 4) is 0 Å². The molecule has 0 aromatic rings. The van der Waals surface area contributed by atoms with Crippen molar-refractivity contribution in [1.29, 1.82) is 0 Å². The number of carbonyl (C=O) groups excluding carboxylic acids is 1. The molecular weight excluding hydrogens is 228 g/mol. The minimum absolute atomic E-state index is 0.0461. The molecule has 1 aliphatic carbocycles. The maximum atomic E-state index is 11.7. The zero-order valence-corrected chi connectivity index (χ0v) is 12.2. The van der Waals surface area contributed by atoms with E-state index >= 15 is 0 Å². The topological polar surface area (TPSA) is 64.3 Å². The molecule has 1 unspecified atom stereocenters. The summed E-state index contributed by atoms with van der Waals surface area (Å²) in [5, 5.41) is 2.79. The van der Waals surface area contributed by atoms with E-state index in [1.807, 2.05) is 13.8 Å². The van der Waals surface area contributed by atoms with Crippen molar-refractivity contribution in [1.82, 2.24) is 5.32 Å². The molecule has 4 heteroatoms. The molecule has 1 rings (SSSR count). The van der Waals surface area contributed by atoms with Crippen molar-refractivity contribution in [2.45, 2.75) is 65.1 Å². The number of hydrogen-bond donors (Lipinski definition) is 2. The van der Waals surface area contributed by atoms with Crippen LogP contribution in [0.5, 0.6) is 0 Å². The molecule has 1 fully saturated rings. The molecule has 0 aliphatic heterocycles. The highest BCUT2D eigenvalue weighted by molar-refractivity contribution is 5.80. The third-order valence-corrected chi connectivity index (χ3v) is 4.03. The van der Waals surface area contributed by atoms with Crippen LogP contribution in [0.25, 0.3) is 0 Å². The van der Waals surface area contributed by atoms with Crippen LogP contribution in [0.3, 0.4) is 0 Å². The van der Waals surface area contributed by atoms with Gasteiger partial charge in [-0.05, 0) is 44.9 Å². The van der Waals surface area contributed by atoms with Gasteiger partial charge < -0.3 is 15.8 Å². The van der Waals surface area contributed by atoms with Crippen molar-refractivity contribution in [3.63, 3.8) is 0 Å². The molecule has 0 heterocycles. The first-order valence-electron chi connectivity index (χ1n) is 7.00. The largest absolute Gasteiger partial charge is 0.361 e. The molecule has 106 valence electrons. The molecule has 1 saturated carbocycles. The van der Waals surface area contributed by atoms with Gasteiger partial charge in [0.1, 0.15) is 6.10 Å². The highest BCUT2D eigenvalue weighted by Crippen LogP contribution is 2.42. The van der Waals surface area contributed by atoms with Gasteiger partial charge in [0, 0.05) is 13.1 Å². The Kier molecular flexibility index (Phi) is 5.17. The fourth-order valence-electron chi connectivity index (χ4n) is 2.50. The summed E-state index contributed by atoms with van der Waals surface area (Å²) in [7, 11) is 0. The minimum atomic E-state index is -0.422. The maximum Gasteiger partial charge on any atom is 0.248 e. The number of likely N-dealkylation sites (N-methyl/N-ethyl adjacent to an activating group) is 1. The zero-order chi connectivity index (χ0) is 13.8. The smallest absolute Gasteiger partial charge is 0.248 e. The Hall–Kier alpha value is -0.610. The second-order valence-electron chi connectivity index (χ2n) is 6.21. The van der Waals surface area contributed by atoms with Crippen LogP contribution in [-0.4, -0.2) is 30.7 Å². The van der Waals surface area contributed by atoms with Crippen molar-refractivity contribution < 1.29 is 9.53 Å². The Bertz CT molecular complexity index is 280. The number of carbonyl (C=O) groups is 1. The quantitative estimate of drug-likeness (QED) is 0.788. The van der Waals surface area contributed by atoms with E-state index in [4.69, 9.17) is 10.5 Å². The summed E-state index contributed by atoms with van der Waals surface area (Å²) >= 11 is 0. The first-order chi connectivity index (χ1) is 8.34. The van der Waals surface area contributed by atoms with Crippen molar-refractivity contribution in [3.05, 3.63) is 0 Å². The molecule has 18 heavy (non-hydrogen) atoms. The van der Waals surface area contributed by atoms with E-state index in [0.717, 1.165) is 25.7 Å². The Morgan fingerprint density at radius 1 is 1.33 bits per heavy atom. The van der Waals surface area contributed by atoms with Gasteiger partial charge in [0.05, 0.1) is 5.60 Å². The van der Waals surface area contributed by atoms with Gasteiger partial charge in [0.2, 0.25) is 5.91 Å². The normalized spacial score (nSPS) is 23.4. The highest BCUT2D eigenvalue weighted by atomic mass is 16.5. The number of nitrogens with two attached hydrogens (primary N) is 1. The number of nitrogens with one attached hydrogen (secondary N) is 1. The van der Waals surface area contributed by atoms with Crippen LogP contribution in [0, 0.1) is 5.41 Å². The molecule has 0 saturated heterocycles. The van der Waals surface area contributed by atoms with Crippen LogP contribution < -0.4 is 11.1 Å². The molecule has 1 aliphatic rings. The van der Waals surface area contributed by atoms with Crippen molar-refractivity contribution in [2.24, 2.45) is 11.1 Å². The first-order valence-corrected chi connectivity index (χ1v) is 7.00. The standard InChI is InChI=1S/C14H28N2O2/c1-5-16-12(17)11(2)18-14(10-15)8-6-13(3,4)7-9-14/h11H,5-10,15H2,1-4H3,(H,16,17). The summed E-state index contributed by atoms with van der Waals surface area (Å²) in [5.74, 6) is -0.0461. The second-order valence-corrected chi connectivity index (χ2v) is 6.21. The zero-order valence-electron chi connectivity index (χ0n) is 12.2. The predicted octanol–water partition coefficient (Wildman–Crippen LogP) is 1.83. The van der Waals surface area contributed by atoms with E-state index < -0.39 is 6.10 Å². The maximum absolute atomic E-state index is 11.7. The van der Waals surface area contributed by atoms with Gasteiger partial charge in [-0.2, -0.15) is 0 Å². The lowest BCUT2D eigenvalue weighted by molar-refractivity contribution is -0.152. The summed E-state index contributed by atoms with van der Waals surface area (Å²) in [5.41, 5.74) is 5.96. The fraction of sp³-hybridized carbons (Fsp3) is 0.929. The summed E-state index contributed by atoms with van der Waals surface area (Å²) in [4.78, 5) is 11.7. The third-order valence-electron chi connectivity index (χ3n) is 4.03. The van der Waals surface area contributed by atoms with Gasteiger partial charge in [-0.3, -0.25) is 4.79 Å². The van der Waals surface area contributed by atoms with E-state index in [-0.39, 0.29) is 11.5 Å². The Morgan fingerprint density at radius 2 is 1.89 bits per heavy atom. The van der Waals surface area contributed by atoms with Crippen LogP contribution in [0.4, 0.5) is 0 Å². The van der Waals surface area contributed by atoms with Gasteiger partial charge in [0.15, 0.2) is 0 Å². The number of ether oxygens (including phenoxy) is 1. The van der Waals surface area contributed by atoms with Gasteiger partial charge >= 0.3 is 0 Å². The molecule has 0 radical (unpaired) electrons. The summed E-state index contributed by atoms with van der Waals surface area (Å²) in [6.07, 6.45) is 3.67. The summed E-state index contributed by atoms with van der Waals surface area (Å²) in [6, 6.07) is 0. The highest BCUT2D eigenvalue weighted by Gasteiger charge is 2.40. The van der Waals surface area contributed by atoms with Gasteiger partial charge in [-0.25, -0.2) is 0 Å². The fourth-order valence-corrected chi connectivity index (χ4v) is 2.50. The molecule has 0 spiro atoms. The monoisotopic (exact) mass is 256 g/mol. The van der Waals surface area contributed by atoms with Crippen LogP contribution >= 0.6 is 0 Å². The van der Waals surface area contributed by atoms with Crippen LogP contribution in [0.1, 0.15) is 53.4 Å². The SMILES string of the molecule is CCNC(=O)C(C)OC1(CN)CCC(C)(C)CC1. The third kappa shape index (κ3) is 3.95. The number of hydrogen-bond acceptors (Lipinski definition) is 3. The van der Waals surface area contributed by atoms with Gasteiger partial charge in [-0.1, -0.05) is 13.8 Å². The minimum Gasteiger partial charge on any atom is -0.361 e. The summed E-state index contributed by atoms with van der Waals surface area (Å²) < 4.78 is 6.00. The molecule has 0 aromatic carbocycles. The molecule has 1 atom stereocenters. The van der Waals surface area contributed by atoms with Gasteiger partial charge in [-0.15, -0.1) is 0 Å². The molecule has 0 aromatic heterocycles. The first kappa shape index (κ1) is 15.4. The molecule has 1 amide bonds. The van der Waals surface area contributed by atoms with E-state index in [9.17, 15) is 4.79 Å². The van der Waals surface area contributed by atoms with Gasteiger partial charge in [0.25, 0.3) is 0 Å². The van der Waals surface area contributed by atoms with Crippen molar-refractivity contribution >= 4 is 5.91 Å². The Morgan fingerprint density at radius 3 is 2.33 bits per heavy atom. The number of amides is 1. The second kappa shape index (κ2) is 6.02. The average Bonchev–Trinajstić information content (AvgIpc) is 2.32. The van der Waals surface area contributed by atoms with E-state index in [0.29, 0.717) is 18.5 Å². The molecule has 3 N–H and O–H groups in total. The summed E-state index contributed by atoms with van der Waals surface area (Å²) in [6.45, 7) is 9.40. The Balaban J connectivity index is 2.59. The molecular formula is C14H28N2O2. The van der Waals surface area contributed by atoms with Crippen LogP contribution in [0.15, 0.2) is 0 Å². The van der Waals surface area contributed by atoms with E-state index in [1.54, 1.807) is 0 Å². The lowest BCUT2D eigenvalue weighted by Crippen LogP contribution is -2.50. The molecule has 0 bridgehead atoms. The average molecular weight is 256 g/mol. The molecule has 4 nitrogen and oxygen atoms in total. The van der Waals surface area contributed by atoms with E-state index in [1.165, 1.54) is 0 Å². The lowest BCUT2D eigenvalue weighted by atomic mass is 9.71. The van der Waals surface area contributed by atoms with Crippen LogP contribution in [-0.2, 0) is 9.53 Å². The predicted molar refractivity (Wildman–Crippen MR) is 73.3 cm³/mol. The Labute approximate surface area is 111 Å². The van der Waals surface area contributed by atoms with E-state index in [2.05, 4.69) is 19.2 Å². The number of rotatable bonds is 5. The van der Waals surface area contributed by atoms with Crippen LogP contribution in [0.2, 0.25) is 0 Å². The van der Waals surface area contributed by atoms with Crippen molar-refractivity contribution in [2.75, 3.05) is 13.1 Å². The lowest BCUT2D eigenvalue weighted by Gasteiger charge is -2.43.